The van der Waals surface area contributed by atoms with E-state index in [4.69, 9.17) is 4.74 Å². The zero-order chi connectivity index (χ0) is 14.7. The second-order valence-corrected chi connectivity index (χ2v) is 5.87. The van der Waals surface area contributed by atoms with Crippen molar-refractivity contribution in [1.29, 1.82) is 0 Å². The average molecular weight is 293 g/mol. The summed E-state index contributed by atoms with van der Waals surface area (Å²) in [6.45, 7) is 3.51. The van der Waals surface area contributed by atoms with Crippen LogP contribution in [0.3, 0.4) is 0 Å². The number of H-pyrrole nitrogens is 1. The van der Waals surface area contributed by atoms with Gasteiger partial charge in [0.05, 0.1) is 13.2 Å². The molecule has 2 N–H and O–H groups in total. The van der Waals surface area contributed by atoms with Gasteiger partial charge in [0.2, 0.25) is 0 Å². The minimum atomic E-state index is -0.235. The number of nitrogens with one attached hydrogen (secondary N) is 2. The molecule has 2 heterocycles. The summed E-state index contributed by atoms with van der Waals surface area (Å²) in [7, 11) is 0. The first kappa shape index (κ1) is 14.3. The van der Waals surface area contributed by atoms with Crippen molar-refractivity contribution in [1.82, 2.24) is 25.4 Å². The number of carbonyl (C=O) groups excluding carboxylic acids is 1. The molecule has 7 heteroatoms. The Kier molecular flexibility index (Phi) is 4.38. The number of morpholine rings is 1. The van der Waals surface area contributed by atoms with E-state index in [1.165, 1.54) is 19.3 Å². The van der Waals surface area contributed by atoms with E-state index < -0.39 is 0 Å². The number of urea groups is 1. The third kappa shape index (κ3) is 3.53. The van der Waals surface area contributed by atoms with Crippen molar-refractivity contribution in [3.05, 3.63) is 11.6 Å². The number of nitrogens with zero attached hydrogens (tertiary/aromatic N) is 3. The molecular formula is C14H23N5O2. The van der Waals surface area contributed by atoms with Crippen LogP contribution in [0.25, 0.3) is 0 Å². The summed E-state index contributed by atoms with van der Waals surface area (Å²) in [5.74, 6) is 1.39. The van der Waals surface area contributed by atoms with E-state index in [1.54, 1.807) is 0 Å². The molecule has 3 rings (SSSR count). The van der Waals surface area contributed by atoms with Crippen LogP contribution < -0.4 is 5.32 Å². The Morgan fingerprint density at radius 1 is 1.38 bits per heavy atom. The van der Waals surface area contributed by atoms with Crippen molar-refractivity contribution in [2.75, 3.05) is 19.7 Å². The Balaban J connectivity index is 1.56. The highest BCUT2D eigenvalue weighted by Crippen LogP contribution is 2.21. The van der Waals surface area contributed by atoms with E-state index >= 15 is 0 Å². The summed E-state index contributed by atoms with van der Waals surface area (Å²) in [4.78, 5) is 18.5. The van der Waals surface area contributed by atoms with Gasteiger partial charge < -0.3 is 15.0 Å². The van der Waals surface area contributed by atoms with Gasteiger partial charge in [-0.25, -0.2) is 9.78 Å². The van der Waals surface area contributed by atoms with Gasteiger partial charge in [0.25, 0.3) is 0 Å². The summed E-state index contributed by atoms with van der Waals surface area (Å²) in [6, 6.07) is 0.348. The zero-order valence-corrected chi connectivity index (χ0v) is 12.5. The molecule has 0 aromatic carbocycles. The number of hydrogen-bond donors (Lipinski definition) is 2. The van der Waals surface area contributed by atoms with Crippen molar-refractivity contribution < 1.29 is 9.53 Å². The number of carbonyl (C=O) groups is 1. The third-order valence-corrected chi connectivity index (χ3v) is 4.19. The average Bonchev–Trinajstić information content (AvgIpc) is 2.95. The maximum Gasteiger partial charge on any atom is 0.317 e. The standard InChI is InChI=1S/C14H23N5O2/c1-10-15-13(18-17-10)12-9-19(7-8-21-12)14(20)16-11-5-3-2-4-6-11/h11-12H,2-9H2,1H3,(H,16,20)(H,15,17,18)/t12-/m1/s1. The highest BCUT2D eigenvalue weighted by molar-refractivity contribution is 5.74. The van der Waals surface area contributed by atoms with E-state index in [1.807, 2.05) is 11.8 Å². The van der Waals surface area contributed by atoms with Crippen LogP contribution in [0.15, 0.2) is 0 Å². The number of rotatable bonds is 2. The molecule has 21 heavy (non-hydrogen) atoms. The summed E-state index contributed by atoms with van der Waals surface area (Å²) in [5.41, 5.74) is 0. The molecule has 116 valence electrons. The van der Waals surface area contributed by atoms with Crippen molar-refractivity contribution in [2.24, 2.45) is 0 Å². The number of hydrogen-bond acceptors (Lipinski definition) is 4. The lowest BCUT2D eigenvalue weighted by Crippen LogP contribution is -2.50. The highest BCUT2D eigenvalue weighted by atomic mass is 16.5. The van der Waals surface area contributed by atoms with Crippen LogP contribution in [0.1, 0.15) is 49.9 Å². The van der Waals surface area contributed by atoms with Crippen molar-refractivity contribution in [3.63, 3.8) is 0 Å². The minimum Gasteiger partial charge on any atom is -0.366 e. The lowest BCUT2D eigenvalue weighted by molar-refractivity contribution is -0.0203. The van der Waals surface area contributed by atoms with Crippen LogP contribution in [-0.2, 0) is 4.74 Å². The molecule has 1 aliphatic heterocycles. The summed E-state index contributed by atoms with van der Waals surface area (Å²) in [5, 5.41) is 10.1. The van der Waals surface area contributed by atoms with Gasteiger partial charge in [-0.3, -0.25) is 5.10 Å². The number of aromatic nitrogens is 3. The van der Waals surface area contributed by atoms with Gasteiger partial charge in [-0.15, -0.1) is 0 Å². The molecule has 1 saturated carbocycles. The second-order valence-electron chi connectivity index (χ2n) is 5.87. The first-order valence-corrected chi connectivity index (χ1v) is 7.78. The summed E-state index contributed by atoms with van der Waals surface area (Å²) in [6.07, 6.45) is 5.68. The van der Waals surface area contributed by atoms with Crippen molar-refractivity contribution in [3.8, 4) is 0 Å². The zero-order valence-electron chi connectivity index (χ0n) is 12.5. The fraction of sp³-hybridized carbons (Fsp3) is 0.786. The topological polar surface area (TPSA) is 83.1 Å². The molecule has 1 saturated heterocycles. The number of aromatic amines is 1. The number of amides is 2. The molecule has 0 unspecified atom stereocenters. The summed E-state index contributed by atoms with van der Waals surface area (Å²) < 4.78 is 5.68. The number of ether oxygens (including phenoxy) is 1. The lowest BCUT2D eigenvalue weighted by Gasteiger charge is -2.33. The molecule has 0 radical (unpaired) electrons. The van der Waals surface area contributed by atoms with Gasteiger partial charge >= 0.3 is 6.03 Å². The van der Waals surface area contributed by atoms with Gasteiger partial charge in [-0.2, -0.15) is 5.10 Å². The Morgan fingerprint density at radius 3 is 2.90 bits per heavy atom. The second kappa shape index (κ2) is 6.43. The van der Waals surface area contributed by atoms with E-state index in [9.17, 15) is 4.79 Å². The van der Waals surface area contributed by atoms with E-state index in [-0.39, 0.29) is 12.1 Å². The molecule has 7 nitrogen and oxygen atoms in total. The SMILES string of the molecule is Cc1nc([C@H]2CN(C(=O)NC3CCCCC3)CCO2)n[nH]1. The van der Waals surface area contributed by atoms with E-state index in [0.29, 0.717) is 31.6 Å². The molecule has 1 aromatic heterocycles. The molecule has 0 bridgehead atoms. The Bertz CT molecular complexity index is 483. The van der Waals surface area contributed by atoms with E-state index in [0.717, 1.165) is 18.7 Å². The molecule has 1 atom stereocenters. The molecule has 2 fully saturated rings. The number of aryl methyl sites for hydroxylation is 1. The molecule has 0 spiro atoms. The highest BCUT2D eigenvalue weighted by Gasteiger charge is 2.29. The normalized spacial score (nSPS) is 24.0. The maximum absolute atomic E-state index is 12.4. The van der Waals surface area contributed by atoms with Crippen LogP contribution in [0.2, 0.25) is 0 Å². The van der Waals surface area contributed by atoms with Crippen LogP contribution in [-0.4, -0.2) is 51.9 Å². The smallest absolute Gasteiger partial charge is 0.317 e. The molecular weight excluding hydrogens is 270 g/mol. The third-order valence-electron chi connectivity index (χ3n) is 4.19. The van der Waals surface area contributed by atoms with Gasteiger partial charge in [-0.1, -0.05) is 19.3 Å². The fourth-order valence-electron chi connectivity index (χ4n) is 3.01. The monoisotopic (exact) mass is 293 g/mol. The van der Waals surface area contributed by atoms with Crippen LogP contribution in [0.4, 0.5) is 4.79 Å². The van der Waals surface area contributed by atoms with Gasteiger partial charge in [0, 0.05) is 12.6 Å². The molecule has 2 aliphatic rings. The van der Waals surface area contributed by atoms with Gasteiger partial charge in [0.15, 0.2) is 5.82 Å². The molecule has 2 amide bonds. The van der Waals surface area contributed by atoms with Gasteiger partial charge in [0.1, 0.15) is 11.9 Å². The molecule has 1 aromatic rings. The van der Waals surface area contributed by atoms with Crippen LogP contribution >= 0.6 is 0 Å². The van der Waals surface area contributed by atoms with E-state index in [2.05, 4.69) is 20.5 Å². The first-order valence-electron chi connectivity index (χ1n) is 7.78. The molecule has 1 aliphatic carbocycles. The maximum atomic E-state index is 12.4. The Hall–Kier alpha value is -1.63. The largest absolute Gasteiger partial charge is 0.366 e. The van der Waals surface area contributed by atoms with Crippen LogP contribution in [0.5, 0.6) is 0 Å². The minimum absolute atomic E-state index is 0.0162. The quantitative estimate of drug-likeness (QED) is 0.866. The lowest BCUT2D eigenvalue weighted by atomic mass is 9.96. The van der Waals surface area contributed by atoms with Gasteiger partial charge in [-0.05, 0) is 19.8 Å². The Morgan fingerprint density at radius 2 is 2.19 bits per heavy atom. The fourth-order valence-corrected chi connectivity index (χ4v) is 3.01. The van der Waals surface area contributed by atoms with Crippen molar-refractivity contribution in [2.45, 2.75) is 51.2 Å². The Labute approximate surface area is 124 Å². The first-order chi connectivity index (χ1) is 10.2. The summed E-state index contributed by atoms with van der Waals surface area (Å²) >= 11 is 0. The predicted molar refractivity (Wildman–Crippen MR) is 76.8 cm³/mol. The predicted octanol–water partition coefficient (Wildman–Crippen LogP) is 1.53. The van der Waals surface area contributed by atoms with Crippen molar-refractivity contribution >= 4 is 6.03 Å². The van der Waals surface area contributed by atoms with Crippen LogP contribution in [0, 0.1) is 6.92 Å².